The van der Waals surface area contributed by atoms with Gasteiger partial charge in [-0.1, -0.05) is 0 Å². The number of rotatable bonds is 10. The number of aromatic amines is 1. The van der Waals surface area contributed by atoms with Gasteiger partial charge in [-0.15, -0.1) is 0 Å². The smallest absolute Gasteiger partial charge is 0.253 e. The Hall–Kier alpha value is -3.10. The third-order valence-corrected chi connectivity index (χ3v) is 6.51. The number of thiocarbonyl (C=S) groups is 1. The molecule has 0 spiro atoms. The predicted molar refractivity (Wildman–Crippen MR) is 146 cm³/mol. The molecule has 0 radical (unpaired) electrons. The number of H-pyrrole nitrogens is 1. The van der Waals surface area contributed by atoms with Gasteiger partial charge in [-0.25, -0.2) is 0 Å². The molecule has 0 unspecified atom stereocenters. The monoisotopic (exact) mass is 494 g/mol. The van der Waals surface area contributed by atoms with Crippen molar-refractivity contribution in [1.82, 2.24) is 14.8 Å². The van der Waals surface area contributed by atoms with Crippen molar-refractivity contribution in [3.05, 3.63) is 64.4 Å². The first-order chi connectivity index (χ1) is 17.1. The molecule has 3 aromatic rings. The van der Waals surface area contributed by atoms with Gasteiger partial charge in [0.15, 0.2) is 5.11 Å². The average Bonchev–Trinajstić information content (AvgIpc) is 3.37. The summed E-state index contributed by atoms with van der Waals surface area (Å²) in [5, 5.41) is 4.87. The molecule has 7 nitrogen and oxygen atoms in total. The van der Waals surface area contributed by atoms with Gasteiger partial charge in [-0.2, -0.15) is 0 Å². The second-order valence-corrected chi connectivity index (χ2v) is 9.05. The molecule has 0 atom stereocenters. The molecule has 35 heavy (non-hydrogen) atoms. The number of aromatic nitrogens is 1. The first-order valence-corrected chi connectivity index (χ1v) is 12.8. The van der Waals surface area contributed by atoms with Crippen LogP contribution in [0, 0.1) is 0 Å². The highest BCUT2D eigenvalue weighted by Gasteiger charge is 2.17. The van der Waals surface area contributed by atoms with Gasteiger partial charge >= 0.3 is 0 Å². The molecule has 186 valence electrons. The third-order valence-electron chi connectivity index (χ3n) is 6.15. The van der Waals surface area contributed by atoms with Crippen LogP contribution in [0.2, 0.25) is 0 Å². The summed E-state index contributed by atoms with van der Waals surface area (Å²) in [6.45, 7) is 9.43. The fourth-order valence-electron chi connectivity index (χ4n) is 4.33. The molecular weight excluding hydrogens is 460 g/mol. The molecule has 1 saturated heterocycles. The van der Waals surface area contributed by atoms with Gasteiger partial charge in [0.25, 0.3) is 5.56 Å². The summed E-state index contributed by atoms with van der Waals surface area (Å²) < 4.78 is 11.2. The average molecular weight is 495 g/mol. The number of ether oxygens (including phenoxy) is 2. The maximum Gasteiger partial charge on any atom is 0.253 e. The highest BCUT2D eigenvalue weighted by Crippen LogP contribution is 2.21. The van der Waals surface area contributed by atoms with Gasteiger partial charge in [0.05, 0.1) is 19.8 Å². The molecule has 0 amide bonds. The number of likely N-dealkylation sites (tertiary alicyclic amines) is 1. The van der Waals surface area contributed by atoms with Crippen molar-refractivity contribution in [2.24, 2.45) is 0 Å². The zero-order chi connectivity index (χ0) is 24.6. The standard InChI is InChI=1S/C27H34N4O3S/c1-3-33-23-9-7-22(8-10-23)28-27(35)31(16-15-30-13-5-6-14-30)19-21-17-20-18-24(34-4-2)11-12-25(20)29-26(21)32/h7-12,17-18H,3-6,13-16,19H2,1-2H3,(H,28,35)(H,29,32). The summed E-state index contributed by atoms with van der Waals surface area (Å²) in [6.07, 6.45) is 2.47. The Balaban J connectivity index is 1.54. The molecule has 4 rings (SSSR count). The van der Waals surface area contributed by atoms with Crippen molar-refractivity contribution >= 4 is 33.9 Å². The van der Waals surface area contributed by atoms with E-state index in [9.17, 15) is 4.79 Å². The molecule has 0 saturated carbocycles. The van der Waals surface area contributed by atoms with Crippen LogP contribution >= 0.6 is 12.2 Å². The molecule has 0 aliphatic carbocycles. The van der Waals surface area contributed by atoms with Crippen LogP contribution < -0.4 is 20.3 Å². The first-order valence-electron chi connectivity index (χ1n) is 12.4. The number of pyridine rings is 1. The van der Waals surface area contributed by atoms with Crippen LogP contribution in [0.4, 0.5) is 5.69 Å². The fraction of sp³-hybridized carbons (Fsp3) is 0.407. The lowest BCUT2D eigenvalue weighted by Crippen LogP contribution is -2.40. The molecule has 0 bridgehead atoms. The maximum atomic E-state index is 12.9. The minimum atomic E-state index is -0.100. The van der Waals surface area contributed by atoms with Crippen molar-refractivity contribution in [2.75, 3.05) is 44.7 Å². The number of nitrogens with zero attached hydrogens (tertiary/aromatic N) is 2. The number of hydrogen-bond acceptors (Lipinski definition) is 5. The van der Waals surface area contributed by atoms with Crippen molar-refractivity contribution in [1.29, 1.82) is 0 Å². The predicted octanol–water partition coefficient (Wildman–Crippen LogP) is 4.62. The Morgan fingerprint density at radius 2 is 1.71 bits per heavy atom. The highest BCUT2D eigenvalue weighted by molar-refractivity contribution is 7.80. The zero-order valence-corrected chi connectivity index (χ0v) is 21.3. The van der Waals surface area contributed by atoms with E-state index < -0.39 is 0 Å². The van der Waals surface area contributed by atoms with Crippen LogP contribution in [-0.2, 0) is 6.54 Å². The Labute approximate surface area is 212 Å². The molecule has 2 aromatic carbocycles. The largest absolute Gasteiger partial charge is 0.494 e. The summed E-state index contributed by atoms with van der Waals surface area (Å²) in [4.78, 5) is 20.5. The van der Waals surface area contributed by atoms with E-state index in [1.165, 1.54) is 12.8 Å². The van der Waals surface area contributed by atoms with E-state index in [1.54, 1.807) is 0 Å². The van der Waals surface area contributed by atoms with Crippen molar-refractivity contribution in [3.63, 3.8) is 0 Å². The van der Waals surface area contributed by atoms with E-state index in [1.807, 2.05) is 62.4 Å². The minimum Gasteiger partial charge on any atom is -0.494 e. The van der Waals surface area contributed by atoms with E-state index in [0.29, 0.717) is 30.4 Å². The zero-order valence-electron chi connectivity index (χ0n) is 20.5. The second-order valence-electron chi connectivity index (χ2n) is 8.66. The van der Waals surface area contributed by atoms with Crippen LogP contribution in [0.3, 0.4) is 0 Å². The molecule has 2 N–H and O–H groups in total. The summed E-state index contributed by atoms with van der Waals surface area (Å²) in [7, 11) is 0. The summed E-state index contributed by atoms with van der Waals surface area (Å²) >= 11 is 5.81. The van der Waals surface area contributed by atoms with E-state index in [4.69, 9.17) is 21.7 Å². The van der Waals surface area contributed by atoms with E-state index in [0.717, 1.165) is 54.3 Å². The van der Waals surface area contributed by atoms with Gasteiger partial charge in [0, 0.05) is 35.2 Å². The SMILES string of the molecule is CCOc1ccc(NC(=S)N(CCN2CCCC2)Cc2cc3cc(OCC)ccc3[nH]c2=O)cc1. The van der Waals surface area contributed by atoms with E-state index >= 15 is 0 Å². The van der Waals surface area contributed by atoms with Gasteiger partial charge in [-0.05, 0) is 101 Å². The molecule has 2 heterocycles. The second kappa shape index (κ2) is 12.0. The Bertz CT molecular complexity index is 1190. The van der Waals surface area contributed by atoms with Crippen LogP contribution in [-0.4, -0.2) is 59.3 Å². The van der Waals surface area contributed by atoms with E-state index in [-0.39, 0.29) is 5.56 Å². The van der Waals surface area contributed by atoms with Gasteiger partial charge in [0.1, 0.15) is 11.5 Å². The van der Waals surface area contributed by atoms with Gasteiger partial charge < -0.3 is 29.6 Å². The van der Waals surface area contributed by atoms with Crippen molar-refractivity contribution in [2.45, 2.75) is 33.2 Å². The number of nitrogens with one attached hydrogen (secondary N) is 2. The molecular formula is C27H34N4O3S. The summed E-state index contributed by atoms with van der Waals surface area (Å²) in [5.41, 5.74) is 2.25. The minimum absolute atomic E-state index is 0.100. The molecule has 1 aliphatic rings. The fourth-order valence-corrected chi connectivity index (χ4v) is 4.61. The Kier molecular flexibility index (Phi) is 8.60. The van der Waals surface area contributed by atoms with Crippen LogP contribution in [0.15, 0.2) is 53.3 Å². The number of anilines is 1. The molecule has 1 aromatic heterocycles. The third kappa shape index (κ3) is 6.74. The molecule has 8 heteroatoms. The highest BCUT2D eigenvalue weighted by atomic mass is 32.1. The number of hydrogen-bond donors (Lipinski definition) is 2. The van der Waals surface area contributed by atoms with Crippen LogP contribution in [0.1, 0.15) is 32.3 Å². The Morgan fingerprint density at radius 1 is 1.03 bits per heavy atom. The van der Waals surface area contributed by atoms with E-state index in [2.05, 4.69) is 20.1 Å². The Morgan fingerprint density at radius 3 is 2.43 bits per heavy atom. The van der Waals surface area contributed by atoms with Crippen molar-refractivity contribution in [3.8, 4) is 11.5 Å². The maximum absolute atomic E-state index is 12.9. The lowest BCUT2D eigenvalue weighted by Gasteiger charge is -2.28. The van der Waals surface area contributed by atoms with Crippen LogP contribution in [0.25, 0.3) is 10.9 Å². The topological polar surface area (TPSA) is 69.8 Å². The normalized spacial score (nSPS) is 13.7. The lowest BCUT2D eigenvalue weighted by atomic mass is 10.1. The molecule has 1 aliphatic heterocycles. The van der Waals surface area contributed by atoms with Crippen LogP contribution in [0.5, 0.6) is 11.5 Å². The first kappa shape index (κ1) is 25.0. The van der Waals surface area contributed by atoms with Crippen molar-refractivity contribution < 1.29 is 9.47 Å². The quantitative estimate of drug-likeness (QED) is 0.399. The molecule has 1 fully saturated rings. The van der Waals surface area contributed by atoms with Gasteiger partial charge in [0.2, 0.25) is 0 Å². The lowest BCUT2D eigenvalue weighted by molar-refractivity contribution is 0.289. The number of benzene rings is 2. The van der Waals surface area contributed by atoms with Gasteiger partial charge in [-0.3, -0.25) is 4.79 Å². The summed E-state index contributed by atoms with van der Waals surface area (Å²) in [6, 6.07) is 15.4. The number of fused-ring (bicyclic) bond motifs is 1. The summed E-state index contributed by atoms with van der Waals surface area (Å²) in [5.74, 6) is 1.61.